The van der Waals surface area contributed by atoms with Gasteiger partial charge in [0.25, 0.3) is 0 Å². The highest BCUT2D eigenvalue weighted by atomic mass is 127. The monoisotopic (exact) mass is 1110 g/mol. The number of hydrogen-bond donors (Lipinski definition) is 5. The molecule has 2 saturated heterocycles. The quantitative estimate of drug-likeness (QED) is 0.0264. The molecule has 6 rings (SSSR count). The van der Waals surface area contributed by atoms with E-state index in [1.54, 1.807) is 55.4 Å². The summed E-state index contributed by atoms with van der Waals surface area (Å²) in [6, 6.07) is 24.2. The second-order valence-corrected chi connectivity index (χ2v) is 18.8. The number of carbonyl (C=O) groups is 5. The summed E-state index contributed by atoms with van der Waals surface area (Å²) in [5.41, 5.74) is 13.5. The van der Waals surface area contributed by atoms with Crippen molar-refractivity contribution in [3.05, 3.63) is 119 Å². The summed E-state index contributed by atoms with van der Waals surface area (Å²) in [7, 11) is 0. The van der Waals surface area contributed by atoms with E-state index < -0.39 is 29.5 Å². The van der Waals surface area contributed by atoms with Gasteiger partial charge in [0.15, 0.2) is 0 Å². The van der Waals surface area contributed by atoms with E-state index in [-0.39, 0.29) is 25.0 Å². The lowest BCUT2D eigenvalue weighted by Gasteiger charge is -2.35. The first-order valence-corrected chi connectivity index (χ1v) is 25.3. The van der Waals surface area contributed by atoms with E-state index in [1.807, 2.05) is 86.6 Å². The summed E-state index contributed by atoms with van der Waals surface area (Å²) in [4.78, 5) is 74.5. The third-order valence-electron chi connectivity index (χ3n) is 10.9. The van der Waals surface area contributed by atoms with Gasteiger partial charge < -0.3 is 38.9 Å². The highest BCUT2D eigenvalue weighted by Crippen LogP contribution is 2.19. The largest absolute Gasteiger partial charge is 0.443 e. The van der Waals surface area contributed by atoms with E-state index >= 15 is 0 Å². The maximum Gasteiger partial charge on any atom is 0.426 e. The van der Waals surface area contributed by atoms with Crippen LogP contribution in [-0.2, 0) is 62.7 Å². The zero-order valence-corrected chi connectivity index (χ0v) is 45.2. The Hall–Kier alpha value is -6.26. The van der Waals surface area contributed by atoms with Crippen molar-refractivity contribution in [2.24, 2.45) is 5.84 Å². The van der Waals surface area contributed by atoms with Crippen molar-refractivity contribution >= 4 is 64.1 Å². The van der Waals surface area contributed by atoms with Crippen molar-refractivity contribution < 1.29 is 44.7 Å². The molecule has 2 aromatic heterocycles. The van der Waals surface area contributed by atoms with Gasteiger partial charge in [-0.05, 0) is 119 Å². The Labute approximate surface area is 440 Å². The van der Waals surface area contributed by atoms with E-state index in [0.717, 1.165) is 117 Å². The van der Waals surface area contributed by atoms with Crippen LogP contribution in [0.15, 0.2) is 85.2 Å². The van der Waals surface area contributed by atoms with Gasteiger partial charge in [-0.1, -0.05) is 71.1 Å². The zero-order chi connectivity index (χ0) is 54.0. The van der Waals surface area contributed by atoms with Gasteiger partial charge in [-0.25, -0.2) is 31.1 Å². The summed E-state index contributed by atoms with van der Waals surface area (Å²) in [5.74, 6) is 5.03. The average molecular weight is 1110 g/mol. The summed E-state index contributed by atoms with van der Waals surface area (Å²) >= 11 is 1.96. The van der Waals surface area contributed by atoms with Gasteiger partial charge >= 0.3 is 18.3 Å². The minimum Gasteiger partial charge on any atom is -0.443 e. The minimum absolute atomic E-state index is 0.0752. The lowest BCUT2D eigenvalue weighted by atomic mass is 10.1. The molecule has 72 heavy (non-hydrogen) atoms. The predicted molar refractivity (Wildman–Crippen MR) is 287 cm³/mol. The number of halogens is 1. The number of aryl methyl sites for hydroxylation is 4. The molecule has 19 nitrogen and oxygen atoms in total. The molecule has 394 valence electrons. The number of hydrazine groups is 2. The van der Waals surface area contributed by atoms with Crippen molar-refractivity contribution in [2.45, 2.75) is 105 Å². The number of aromatic nitrogens is 2. The molecule has 0 radical (unpaired) electrons. The summed E-state index contributed by atoms with van der Waals surface area (Å²) in [6.07, 6.45) is 5.18. The fourth-order valence-electron chi connectivity index (χ4n) is 7.12. The number of piperazine rings is 2. The second-order valence-electron chi connectivity index (χ2n) is 18.8. The van der Waals surface area contributed by atoms with Crippen LogP contribution in [0.2, 0.25) is 0 Å². The summed E-state index contributed by atoms with van der Waals surface area (Å²) in [6.45, 7) is 20.3. The van der Waals surface area contributed by atoms with Crippen LogP contribution in [0, 0.1) is 0 Å². The number of alkyl halides is 1. The topological polar surface area (TPSA) is 234 Å². The Morgan fingerprint density at radius 1 is 0.597 bits per heavy atom. The molecule has 6 N–H and O–H groups in total. The minimum atomic E-state index is -0.778. The van der Waals surface area contributed by atoms with Crippen LogP contribution in [0.25, 0.3) is 0 Å². The third-order valence-corrected chi connectivity index (χ3v) is 10.9. The van der Waals surface area contributed by atoms with Crippen LogP contribution < -0.4 is 31.9 Å². The summed E-state index contributed by atoms with van der Waals surface area (Å²) in [5, 5.41) is 9.08. The van der Waals surface area contributed by atoms with Crippen molar-refractivity contribution in [3.8, 4) is 0 Å². The standard InChI is InChI=1S/C26H35N5O5.C20H25N3O2.C5H12N2O2.CH3I/c1-19(32)30-13-15-31(16-14-30)23-12-11-22(27-17-23)10-9-20-5-7-21(8-6-20)18-35-24(33)28-29-25(34)36-26(2,3)4;1-16(25)22-10-12-23(13-11-22)20-9-8-19(21-14-20)7-6-17-2-4-18(15-24)5-3-17;1-5(2,3)9-4(8)7-6;1-2/h5-8,11-12,17H,9-10,13-16,18H2,1-4H3,(H,28,33)(H,29,34);2-5,8-9,14,24H,6-7,10-13,15H2,1H3;6H2,1-3H3,(H,7,8);1H3/i;;;1D. The highest BCUT2D eigenvalue weighted by Gasteiger charge is 2.21. The van der Waals surface area contributed by atoms with E-state index in [9.17, 15) is 24.0 Å². The number of aliphatic hydroxyl groups excluding tert-OH is 1. The fraction of sp³-hybridized carbons (Fsp3) is 0.481. The van der Waals surface area contributed by atoms with Gasteiger partial charge in [0.2, 0.25) is 11.8 Å². The van der Waals surface area contributed by atoms with Gasteiger partial charge in [-0.15, -0.1) is 0 Å². The van der Waals surface area contributed by atoms with E-state index in [0.29, 0.717) is 4.91 Å². The number of benzene rings is 2. The third kappa shape index (κ3) is 23.3. The average Bonchev–Trinajstić information content (AvgIpc) is 3.36. The summed E-state index contributed by atoms with van der Waals surface area (Å²) < 4.78 is 21.0. The molecule has 4 heterocycles. The van der Waals surface area contributed by atoms with Crippen LogP contribution in [0.5, 0.6) is 0 Å². The van der Waals surface area contributed by atoms with Gasteiger partial charge in [0.05, 0.1) is 30.4 Å². The van der Waals surface area contributed by atoms with Gasteiger partial charge in [0.1, 0.15) is 17.8 Å². The number of pyridine rings is 2. The van der Waals surface area contributed by atoms with Gasteiger partial charge in [-0.3, -0.25) is 25.0 Å². The molecule has 0 spiro atoms. The molecular weight excluding hydrogens is 1040 g/mol. The number of nitrogens with two attached hydrogens (primary N) is 1. The van der Waals surface area contributed by atoms with Crippen LogP contribution in [0.4, 0.5) is 25.8 Å². The number of hydrogen-bond acceptors (Lipinski definition) is 14. The first kappa shape index (κ1) is 58.3. The van der Waals surface area contributed by atoms with Crippen molar-refractivity contribution in [1.29, 1.82) is 0 Å². The van der Waals surface area contributed by atoms with Gasteiger partial charge in [-0.2, -0.15) is 0 Å². The highest BCUT2D eigenvalue weighted by molar-refractivity contribution is 14.1. The van der Waals surface area contributed by atoms with Gasteiger partial charge in [0, 0.05) is 79.0 Å². The molecule has 0 bridgehead atoms. The maximum atomic E-state index is 11.7. The normalized spacial score (nSPS) is 13.5. The Bertz CT molecular complexity index is 2280. The van der Waals surface area contributed by atoms with E-state index in [4.69, 9.17) is 26.5 Å². The number of aliphatic hydroxyl groups is 1. The Morgan fingerprint density at radius 2 is 0.972 bits per heavy atom. The van der Waals surface area contributed by atoms with E-state index in [1.165, 1.54) is 5.56 Å². The number of anilines is 2. The molecule has 20 heteroatoms. The molecule has 0 saturated carbocycles. The number of amides is 5. The van der Waals surface area contributed by atoms with Crippen LogP contribution in [0.3, 0.4) is 0 Å². The molecule has 2 fully saturated rings. The first-order chi connectivity index (χ1) is 34.6. The molecule has 0 aliphatic carbocycles. The molecule has 2 aliphatic rings. The number of nitrogens with one attached hydrogen (secondary N) is 3. The molecule has 2 aliphatic heterocycles. The molecule has 0 atom stereocenters. The molecule has 0 unspecified atom stereocenters. The number of ether oxygens (including phenoxy) is 3. The number of carbonyl (C=O) groups excluding carboxylic acids is 5. The zero-order valence-electron chi connectivity index (χ0n) is 44.0. The SMILES string of the molecule is CC(=O)N1CCN(c2ccc(CCc3ccc(CO)cc3)nc2)CC1.CC(=O)N1CCN(c2ccc(CCc3ccc(COC(=O)NNC(=O)OC(C)(C)C)cc3)nc2)CC1.CC(C)(C)OC(=O)NN.[2H]CI. The van der Waals surface area contributed by atoms with Crippen LogP contribution >= 0.6 is 22.6 Å². The molecular formula is C52H75IN10O9. The lowest BCUT2D eigenvalue weighted by molar-refractivity contribution is -0.129. The predicted octanol–water partition coefficient (Wildman–Crippen LogP) is 6.66. The van der Waals surface area contributed by atoms with Crippen molar-refractivity contribution in [2.75, 3.05) is 67.1 Å². The van der Waals surface area contributed by atoms with Crippen LogP contribution in [0.1, 0.15) is 90.4 Å². The smallest absolute Gasteiger partial charge is 0.426 e. The van der Waals surface area contributed by atoms with Crippen molar-refractivity contribution in [3.63, 3.8) is 0 Å². The Kier molecular flexibility index (Phi) is 24.8. The maximum absolute atomic E-state index is 11.7. The number of rotatable bonds is 11. The first-order valence-electron chi connectivity index (χ1n) is 24.5. The molecule has 4 aromatic rings. The Morgan fingerprint density at radius 3 is 1.31 bits per heavy atom. The number of nitrogens with zero attached hydrogens (tertiary/aromatic N) is 6. The fourth-order valence-corrected chi connectivity index (χ4v) is 7.12. The van der Waals surface area contributed by atoms with Crippen molar-refractivity contribution in [1.82, 2.24) is 36.0 Å². The van der Waals surface area contributed by atoms with E-state index in [2.05, 4.69) is 67.0 Å². The molecule has 5 amide bonds. The molecule has 2 aromatic carbocycles. The lowest BCUT2D eigenvalue weighted by Crippen LogP contribution is -2.48. The second kappa shape index (κ2) is 30.6. The Balaban J connectivity index is 0.000000327. The van der Waals surface area contributed by atoms with Crippen LogP contribution in [-0.4, -0.2) is 123 Å².